The van der Waals surface area contributed by atoms with Crippen LogP contribution < -0.4 is 5.43 Å². The second-order valence-corrected chi connectivity index (χ2v) is 9.27. The number of hydrogen-bond donors (Lipinski definition) is 4. The number of ketones is 1. The highest BCUT2D eigenvalue weighted by atomic mass is 16.3. The molecule has 7 heteroatoms. The summed E-state index contributed by atoms with van der Waals surface area (Å²) in [5.41, 5.74) is 2.46. The van der Waals surface area contributed by atoms with Gasteiger partial charge in [0.05, 0.1) is 18.1 Å². The number of hydrogen-bond acceptors (Lipinski definition) is 7. The molecular weight excluding hydrogens is 448 g/mol. The van der Waals surface area contributed by atoms with E-state index in [1.165, 1.54) is 11.6 Å². The molecular formula is C28H32O7. The molecule has 1 aliphatic rings. The van der Waals surface area contributed by atoms with E-state index in [4.69, 9.17) is 4.42 Å². The largest absolute Gasteiger partial charge is 0.507 e. The second-order valence-electron chi connectivity index (χ2n) is 9.27. The lowest BCUT2D eigenvalue weighted by atomic mass is 9.84. The van der Waals surface area contributed by atoms with Crippen molar-refractivity contribution in [3.05, 3.63) is 73.9 Å². The van der Waals surface area contributed by atoms with Gasteiger partial charge in [0.15, 0.2) is 5.76 Å². The second kappa shape index (κ2) is 10.8. The van der Waals surface area contributed by atoms with Gasteiger partial charge >= 0.3 is 0 Å². The summed E-state index contributed by atoms with van der Waals surface area (Å²) < 4.78 is 5.78. The average molecular weight is 481 g/mol. The fraction of sp³-hybridized carbons (Fsp3) is 0.357. The molecule has 0 saturated carbocycles. The maximum absolute atomic E-state index is 13.6. The molecule has 1 atom stereocenters. The highest BCUT2D eigenvalue weighted by Crippen LogP contribution is 2.39. The summed E-state index contributed by atoms with van der Waals surface area (Å²) in [7, 11) is 0. The monoisotopic (exact) mass is 480 g/mol. The van der Waals surface area contributed by atoms with Gasteiger partial charge in [0.25, 0.3) is 0 Å². The van der Waals surface area contributed by atoms with Gasteiger partial charge in [-0.1, -0.05) is 34.9 Å². The van der Waals surface area contributed by atoms with E-state index in [9.17, 15) is 30.0 Å². The number of rotatable bonds is 8. The van der Waals surface area contributed by atoms with Crippen LogP contribution in [0, 0.1) is 0 Å². The van der Waals surface area contributed by atoms with Crippen LogP contribution in [0.4, 0.5) is 0 Å². The number of aromatic hydroxyl groups is 2. The molecule has 35 heavy (non-hydrogen) atoms. The van der Waals surface area contributed by atoms with Gasteiger partial charge in [-0.05, 0) is 53.4 Å². The number of carbonyl (C=O) groups excluding carboxylic acids is 1. The molecule has 1 aromatic heterocycles. The predicted molar refractivity (Wildman–Crippen MR) is 136 cm³/mol. The molecule has 1 aliphatic carbocycles. The van der Waals surface area contributed by atoms with Gasteiger partial charge in [0.1, 0.15) is 28.2 Å². The fourth-order valence-electron chi connectivity index (χ4n) is 4.11. The van der Waals surface area contributed by atoms with Gasteiger partial charge in [-0.15, -0.1) is 0 Å². The highest BCUT2D eigenvalue weighted by Gasteiger charge is 2.34. The number of Topliss-reactive ketones (excluding diaryl/α,β-unsaturated/α-hetero) is 1. The number of aliphatic hydroxyl groups is 2. The molecule has 3 rings (SSSR count). The summed E-state index contributed by atoms with van der Waals surface area (Å²) in [5.74, 6) is -2.72. The molecule has 4 N–H and O–H groups in total. The summed E-state index contributed by atoms with van der Waals surface area (Å²) in [6.45, 7) is 7.53. The lowest BCUT2D eigenvalue weighted by Crippen LogP contribution is -2.26. The first-order valence-corrected chi connectivity index (χ1v) is 11.6. The van der Waals surface area contributed by atoms with Crippen molar-refractivity contribution in [1.29, 1.82) is 0 Å². The van der Waals surface area contributed by atoms with Gasteiger partial charge in [-0.2, -0.15) is 0 Å². The Morgan fingerprint density at radius 1 is 1.03 bits per heavy atom. The molecule has 1 heterocycles. The van der Waals surface area contributed by atoms with E-state index in [2.05, 4.69) is 6.08 Å². The van der Waals surface area contributed by atoms with Crippen LogP contribution in [-0.4, -0.2) is 32.8 Å². The van der Waals surface area contributed by atoms with Crippen LogP contribution in [0.5, 0.6) is 11.5 Å². The molecule has 0 bridgehead atoms. The summed E-state index contributed by atoms with van der Waals surface area (Å²) in [6, 6.07) is 1.23. The van der Waals surface area contributed by atoms with E-state index in [0.29, 0.717) is 5.57 Å². The Hall–Kier alpha value is -3.58. The molecule has 0 fully saturated rings. The number of allylic oxidation sites excluding steroid dienone is 6. The number of aliphatic hydroxyl groups excluding tert-OH is 2. The predicted octanol–water partition coefficient (Wildman–Crippen LogP) is 5.33. The molecule has 0 aliphatic heterocycles. The van der Waals surface area contributed by atoms with Crippen LogP contribution in [-0.2, 0) is 11.2 Å². The first-order valence-electron chi connectivity index (χ1n) is 11.6. The van der Waals surface area contributed by atoms with Crippen LogP contribution >= 0.6 is 0 Å². The highest BCUT2D eigenvalue weighted by molar-refractivity contribution is 6.05. The van der Waals surface area contributed by atoms with Crippen LogP contribution in [0.1, 0.15) is 69.8 Å². The van der Waals surface area contributed by atoms with E-state index in [0.717, 1.165) is 24.5 Å². The number of benzene rings is 1. The first kappa shape index (κ1) is 26.0. The van der Waals surface area contributed by atoms with Crippen molar-refractivity contribution < 1.29 is 29.6 Å². The molecule has 2 aromatic rings. The van der Waals surface area contributed by atoms with Crippen molar-refractivity contribution in [2.75, 3.05) is 6.61 Å². The molecule has 0 amide bonds. The van der Waals surface area contributed by atoms with Crippen LogP contribution in [0.2, 0.25) is 0 Å². The van der Waals surface area contributed by atoms with E-state index in [1.54, 1.807) is 13.0 Å². The molecule has 0 spiro atoms. The number of fused-ring (bicyclic) bond motifs is 2. The molecule has 186 valence electrons. The molecule has 0 saturated heterocycles. The third-order valence-corrected chi connectivity index (χ3v) is 6.19. The minimum atomic E-state index is -0.956. The van der Waals surface area contributed by atoms with Crippen molar-refractivity contribution in [3.8, 4) is 11.5 Å². The lowest BCUT2D eigenvalue weighted by Gasteiger charge is -2.21. The number of phenols is 2. The Morgan fingerprint density at radius 2 is 1.74 bits per heavy atom. The molecule has 1 aromatic carbocycles. The van der Waals surface area contributed by atoms with E-state index < -0.39 is 28.6 Å². The minimum Gasteiger partial charge on any atom is -0.507 e. The number of carbonyl (C=O) groups is 1. The lowest BCUT2D eigenvalue weighted by molar-refractivity contribution is -0.119. The molecule has 1 unspecified atom stereocenters. The normalized spacial score (nSPS) is 16.3. The Balaban J connectivity index is 2.10. The van der Waals surface area contributed by atoms with Crippen molar-refractivity contribution in [1.82, 2.24) is 0 Å². The Labute approximate surface area is 204 Å². The average Bonchev–Trinajstić information content (AvgIpc) is 2.78. The minimum absolute atomic E-state index is 0.0303. The van der Waals surface area contributed by atoms with E-state index in [-0.39, 0.29) is 53.1 Å². The van der Waals surface area contributed by atoms with E-state index in [1.807, 2.05) is 26.8 Å². The topological polar surface area (TPSA) is 128 Å². The summed E-state index contributed by atoms with van der Waals surface area (Å²) in [6.07, 6.45) is 8.71. The van der Waals surface area contributed by atoms with E-state index >= 15 is 0 Å². The van der Waals surface area contributed by atoms with Crippen molar-refractivity contribution in [2.24, 2.45) is 0 Å². The number of phenolic OH excluding ortho intramolecular Hbond substituents is 2. The van der Waals surface area contributed by atoms with Gasteiger partial charge in [0, 0.05) is 17.7 Å². The Morgan fingerprint density at radius 3 is 2.40 bits per heavy atom. The standard InChI is InChI=1S/C28H32O7/c1-15(2)6-5-7-16(3)8-11-19-24-22(13-21(31)26(19)32)35-23-12-20(30)18(10-9-17(4)14-29)27(33)25(23)28(24)34/h6,8-9,12-13,19,29-31,33H,5,7,10-11,14H2,1-4H3. The maximum Gasteiger partial charge on any atom is 0.205 e. The van der Waals surface area contributed by atoms with Gasteiger partial charge in [-0.3, -0.25) is 9.59 Å². The fourth-order valence-corrected chi connectivity index (χ4v) is 4.11. The summed E-state index contributed by atoms with van der Waals surface area (Å²) >= 11 is 0. The third-order valence-electron chi connectivity index (χ3n) is 6.19. The Kier molecular flexibility index (Phi) is 8.02. The zero-order chi connectivity index (χ0) is 25.9. The molecule has 0 radical (unpaired) electrons. The van der Waals surface area contributed by atoms with Crippen LogP contribution in [0.3, 0.4) is 0 Å². The SMILES string of the molecule is CC(C)=CCCC(C)=CCC1C(=O)C(O)=Cc2oc3cc(O)c(CC=C(C)CO)c(O)c3c(=O)c21. The quantitative estimate of drug-likeness (QED) is 0.376. The first-order chi connectivity index (χ1) is 16.5. The maximum atomic E-state index is 13.6. The van der Waals surface area contributed by atoms with Gasteiger partial charge < -0.3 is 24.8 Å². The third kappa shape index (κ3) is 5.57. The van der Waals surface area contributed by atoms with Gasteiger partial charge in [0.2, 0.25) is 11.2 Å². The zero-order valence-corrected chi connectivity index (χ0v) is 20.5. The van der Waals surface area contributed by atoms with Crippen LogP contribution in [0.15, 0.2) is 56.0 Å². The van der Waals surface area contributed by atoms with Gasteiger partial charge in [-0.25, -0.2) is 0 Å². The van der Waals surface area contributed by atoms with Crippen molar-refractivity contribution in [3.63, 3.8) is 0 Å². The Bertz CT molecular complexity index is 1330. The molecule has 7 nitrogen and oxygen atoms in total. The smallest absolute Gasteiger partial charge is 0.205 e. The van der Waals surface area contributed by atoms with Crippen molar-refractivity contribution in [2.45, 2.75) is 59.3 Å². The summed E-state index contributed by atoms with van der Waals surface area (Å²) in [5, 5.41) is 40.6. The van der Waals surface area contributed by atoms with Crippen LogP contribution in [0.25, 0.3) is 17.0 Å². The zero-order valence-electron chi connectivity index (χ0n) is 20.5. The van der Waals surface area contributed by atoms with Crippen molar-refractivity contribution >= 4 is 22.8 Å². The summed E-state index contributed by atoms with van der Waals surface area (Å²) in [4.78, 5) is 26.4.